The Balaban J connectivity index is 1.32. The van der Waals surface area contributed by atoms with Crippen LogP contribution in [-0.4, -0.2) is 91.6 Å². The summed E-state index contributed by atoms with van der Waals surface area (Å²) in [5.74, 6) is -6.39. The first-order valence-electron chi connectivity index (χ1n) is 20.5. The van der Waals surface area contributed by atoms with Gasteiger partial charge in [-0.3, -0.25) is 4.90 Å². The molecule has 0 amide bonds. The van der Waals surface area contributed by atoms with Crippen LogP contribution in [0.15, 0.2) is 54.6 Å². The number of piperidine rings is 1. The summed E-state index contributed by atoms with van der Waals surface area (Å²) >= 11 is 0. The number of pyridine rings is 1. The van der Waals surface area contributed by atoms with Gasteiger partial charge in [-0.2, -0.15) is 23.1 Å². The van der Waals surface area contributed by atoms with Crippen molar-refractivity contribution in [3.63, 3.8) is 0 Å². The van der Waals surface area contributed by atoms with Gasteiger partial charge in [0.2, 0.25) is 0 Å². The van der Waals surface area contributed by atoms with E-state index >= 15 is 22.0 Å². The second-order valence-corrected chi connectivity index (χ2v) is 16.4. The van der Waals surface area contributed by atoms with Crippen molar-refractivity contribution < 1.29 is 54.1 Å². The van der Waals surface area contributed by atoms with Crippen molar-refractivity contribution in [3.8, 4) is 34.5 Å². The van der Waals surface area contributed by atoms with E-state index in [-0.39, 0.29) is 62.8 Å². The highest BCUT2D eigenvalue weighted by Gasteiger charge is 2.50. The molecule has 3 aromatic carbocycles. The first kappa shape index (κ1) is 44.0. The van der Waals surface area contributed by atoms with Crippen LogP contribution >= 0.6 is 0 Å². The van der Waals surface area contributed by atoms with Crippen molar-refractivity contribution in [1.29, 1.82) is 0 Å². The van der Waals surface area contributed by atoms with Crippen molar-refractivity contribution in [3.05, 3.63) is 88.5 Å². The molecular formula is C45H46F8N6O4. The number of hydrogen-bond donors (Lipinski definition) is 0. The number of alkyl halides is 6. The van der Waals surface area contributed by atoms with Gasteiger partial charge in [-0.1, -0.05) is 24.3 Å². The average Bonchev–Trinajstić information content (AvgIpc) is 3.78. The van der Waals surface area contributed by atoms with Crippen LogP contribution in [-0.2, 0) is 19.3 Å². The number of methoxy groups -OCH3 is 3. The van der Waals surface area contributed by atoms with E-state index in [4.69, 9.17) is 18.9 Å². The van der Waals surface area contributed by atoms with Crippen LogP contribution in [0, 0.1) is 18.6 Å². The van der Waals surface area contributed by atoms with Gasteiger partial charge in [0.05, 0.1) is 55.6 Å². The van der Waals surface area contributed by atoms with E-state index in [1.165, 1.54) is 27.2 Å². The fourth-order valence-corrected chi connectivity index (χ4v) is 9.20. The molecule has 8 rings (SSSR count). The molecule has 0 unspecified atom stereocenters. The van der Waals surface area contributed by atoms with Gasteiger partial charge in [0.15, 0.2) is 17.4 Å². The molecule has 0 bridgehead atoms. The Hall–Kier alpha value is -5.65. The summed E-state index contributed by atoms with van der Waals surface area (Å²) in [6, 6.07) is 14.7. The Labute approximate surface area is 358 Å². The summed E-state index contributed by atoms with van der Waals surface area (Å²) in [6.07, 6.45) is -5.25. The van der Waals surface area contributed by atoms with Crippen LogP contribution in [0.5, 0.6) is 23.3 Å². The Bertz CT molecular complexity index is 2430. The van der Waals surface area contributed by atoms with Crippen molar-refractivity contribution in [2.24, 2.45) is 0 Å². The van der Waals surface area contributed by atoms with Crippen LogP contribution in [0.25, 0.3) is 22.2 Å². The lowest BCUT2D eigenvalue weighted by Gasteiger charge is -2.34. The Morgan fingerprint density at radius 2 is 1.46 bits per heavy atom. The lowest BCUT2D eigenvalue weighted by molar-refractivity contribution is -0.137. The second kappa shape index (κ2) is 17.1. The van der Waals surface area contributed by atoms with Gasteiger partial charge in [-0.25, -0.2) is 26.9 Å². The first-order valence-corrected chi connectivity index (χ1v) is 20.5. The van der Waals surface area contributed by atoms with Gasteiger partial charge >= 0.3 is 12.2 Å². The molecule has 336 valence electrons. The fourth-order valence-electron chi connectivity index (χ4n) is 9.20. The standard InChI is InChI=1S/C45H46F8N6O4/c1-26-19-32(58(21-27-7-11-30(60-2)12-8-27)22-28-9-13-31(61-3)14-10-28)54-38(35(26)45(51,52)53)33-36(47)39-34(40(62-4)37(33)48)41(57-17-6-16-44(49,50)24-57)56-42(55-39)63-25-43-15-5-18-59(43)23-29(46)20-43/h7-14,19,29H,5-6,15-18,20-25H2,1-4H3/t29-,43+/m1/s1. The minimum absolute atomic E-state index is 0.00419. The number of aryl methyl sites for hydroxylation is 1. The van der Waals surface area contributed by atoms with Crippen LogP contribution in [0.1, 0.15) is 54.4 Å². The quantitative estimate of drug-likeness (QED) is 0.107. The molecule has 0 N–H and O–H groups in total. The SMILES string of the molecule is COc1ccc(CN(Cc2ccc(OC)cc2)c2cc(C)c(C(F)(F)F)c(-c3c(F)c(OC)c4c(N5CCCC(F)(F)C5)nc(OC[C@@]56CCCN5C[C@H](F)C6)nc4c3F)n2)cc1. The predicted molar refractivity (Wildman–Crippen MR) is 220 cm³/mol. The number of aromatic nitrogens is 3. The number of benzene rings is 3. The number of halogens is 8. The van der Waals surface area contributed by atoms with Crippen molar-refractivity contribution in [2.75, 3.05) is 63.9 Å². The lowest BCUT2D eigenvalue weighted by Crippen LogP contribution is -2.44. The molecule has 5 heterocycles. The number of hydrogen-bond acceptors (Lipinski definition) is 10. The zero-order valence-corrected chi connectivity index (χ0v) is 35.1. The van der Waals surface area contributed by atoms with E-state index in [2.05, 4.69) is 15.0 Å². The molecule has 10 nitrogen and oxygen atoms in total. The maximum Gasteiger partial charge on any atom is 0.418 e. The fraction of sp³-hybridized carbons (Fsp3) is 0.444. The minimum Gasteiger partial charge on any atom is -0.497 e. The number of rotatable bonds is 13. The van der Waals surface area contributed by atoms with E-state index in [0.717, 1.165) is 29.6 Å². The van der Waals surface area contributed by atoms with Crippen LogP contribution in [0.3, 0.4) is 0 Å². The van der Waals surface area contributed by atoms with Gasteiger partial charge in [0.1, 0.15) is 41.4 Å². The number of nitrogens with zero attached hydrogens (tertiary/aromatic N) is 6. The minimum atomic E-state index is -5.17. The molecular weight excluding hydrogens is 841 g/mol. The average molecular weight is 887 g/mol. The highest BCUT2D eigenvalue weighted by Crippen LogP contribution is 2.48. The van der Waals surface area contributed by atoms with Gasteiger partial charge in [-0.15, -0.1) is 0 Å². The largest absolute Gasteiger partial charge is 0.497 e. The topological polar surface area (TPSA) is 85.3 Å². The third-order valence-corrected chi connectivity index (χ3v) is 12.2. The molecule has 0 aliphatic carbocycles. The molecule has 18 heteroatoms. The molecule has 3 aliphatic heterocycles. The van der Waals surface area contributed by atoms with Gasteiger partial charge < -0.3 is 28.7 Å². The molecule has 0 spiro atoms. The molecule has 3 saturated heterocycles. The van der Waals surface area contributed by atoms with Crippen LogP contribution < -0.4 is 28.7 Å². The number of fused-ring (bicyclic) bond motifs is 2. The Kier molecular flexibility index (Phi) is 12.0. The zero-order chi connectivity index (χ0) is 44.8. The summed E-state index contributed by atoms with van der Waals surface area (Å²) in [4.78, 5) is 17.8. The highest BCUT2D eigenvalue weighted by molar-refractivity contribution is 5.99. The predicted octanol–water partition coefficient (Wildman–Crippen LogP) is 9.72. The summed E-state index contributed by atoms with van der Waals surface area (Å²) in [6.45, 7) is 1.15. The van der Waals surface area contributed by atoms with E-state index in [1.54, 1.807) is 53.4 Å². The second-order valence-electron chi connectivity index (χ2n) is 16.4. The van der Waals surface area contributed by atoms with Crippen molar-refractivity contribution in [2.45, 2.75) is 75.9 Å². The van der Waals surface area contributed by atoms with Crippen molar-refractivity contribution in [1.82, 2.24) is 19.9 Å². The zero-order valence-electron chi connectivity index (χ0n) is 35.1. The molecule has 3 fully saturated rings. The summed E-state index contributed by atoms with van der Waals surface area (Å²) in [5.41, 5.74) is -4.13. The smallest absolute Gasteiger partial charge is 0.418 e. The van der Waals surface area contributed by atoms with Gasteiger partial charge in [-0.05, 0) is 79.8 Å². The van der Waals surface area contributed by atoms with E-state index < -0.39 is 87.9 Å². The maximum absolute atomic E-state index is 17.6. The molecule has 2 atom stereocenters. The van der Waals surface area contributed by atoms with Crippen molar-refractivity contribution >= 4 is 22.5 Å². The third kappa shape index (κ3) is 8.70. The molecule has 63 heavy (non-hydrogen) atoms. The van der Waals surface area contributed by atoms with Gasteiger partial charge in [0.25, 0.3) is 5.92 Å². The normalized spacial score (nSPS) is 19.9. The van der Waals surface area contributed by atoms with E-state index in [1.807, 2.05) is 4.90 Å². The molecule has 0 saturated carbocycles. The summed E-state index contributed by atoms with van der Waals surface area (Å²) in [5, 5.41) is -0.478. The van der Waals surface area contributed by atoms with Gasteiger partial charge in [0, 0.05) is 39.0 Å². The molecule has 5 aromatic rings. The monoisotopic (exact) mass is 886 g/mol. The number of ether oxygens (including phenoxy) is 4. The Morgan fingerprint density at radius 3 is 2.05 bits per heavy atom. The molecule has 3 aliphatic rings. The molecule has 2 aromatic heterocycles. The molecule has 0 radical (unpaired) electrons. The number of anilines is 2. The van der Waals surface area contributed by atoms with E-state index in [9.17, 15) is 13.2 Å². The van der Waals surface area contributed by atoms with E-state index in [0.29, 0.717) is 24.5 Å². The highest BCUT2D eigenvalue weighted by atomic mass is 19.4. The van der Waals surface area contributed by atoms with Crippen LogP contribution in [0.2, 0.25) is 0 Å². The lowest BCUT2D eigenvalue weighted by atomic mass is 9.95. The summed E-state index contributed by atoms with van der Waals surface area (Å²) < 4.78 is 147. The maximum atomic E-state index is 17.6. The summed E-state index contributed by atoms with van der Waals surface area (Å²) in [7, 11) is 4.04. The third-order valence-electron chi connectivity index (χ3n) is 12.2. The Morgan fingerprint density at radius 1 is 0.825 bits per heavy atom. The first-order chi connectivity index (χ1) is 30.0. The van der Waals surface area contributed by atoms with Crippen LogP contribution in [0.4, 0.5) is 46.8 Å².